The lowest BCUT2D eigenvalue weighted by Crippen LogP contribution is -2.57. The van der Waals surface area contributed by atoms with Crippen molar-refractivity contribution in [1.82, 2.24) is 15.5 Å². The van der Waals surface area contributed by atoms with E-state index in [1.165, 1.54) is 37.7 Å². The largest absolute Gasteiger partial charge is 0.467 e. The van der Waals surface area contributed by atoms with E-state index in [1.54, 1.807) is 6.26 Å². The van der Waals surface area contributed by atoms with Gasteiger partial charge in [0, 0.05) is 24.7 Å². The zero-order chi connectivity index (χ0) is 17.8. The molecule has 4 rings (SSSR count). The molecule has 2 aliphatic heterocycles. The van der Waals surface area contributed by atoms with Crippen LogP contribution in [0.5, 0.6) is 0 Å². The number of rotatable bonds is 5. The molecule has 5 heteroatoms. The standard InChI is InChI=1S/C21H27N3OS/c26-21(22-14-20-10-5-11-25-20)23-17-12-18-8-4-9-19(13-17)24(18)15-16-6-2-1-3-7-16/h1-3,5-7,10-11,17-19H,4,8-9,12-15H2,(H2,22,23,26)/t17?,18-,19+. The molecule has 0 spiro atoms. The summed E-state index contributed by atoms with van der Waals surface area (Å²) in [5, 5.41) is 7.55. The van der Waals surface area contributed by atoms with Gasteiger partial charge in [-0.25, -0.2) is 0 Å². The van der Waals surface area contributed by atoms with Crippen molar-refractivity contribution >= 4 is 17.3 Å². The summed E-state index contributed by atoms with van der Waals surface area (Å²) in [7, 11) is 0. The van der Waals surface area contributed by atoms with Gasteiger partial charge in [-0.3, -0.25) is 4.90 Å². The number of benzene rings is 1. The fourth-order valence-electron chi connectivity index (χ4n) is 4.47. The normalized spacial score (nSPS) is 25.6. The summed E-state index contributed by atoms with van der Waals surface area (Å²) >= 11 is 5.50. The van der Waals surface area contributed by atoms with Crippen LogP contribution in [0.4, 0.5) is 0 Å². The van der Waals surface area contributed by atoms with Gasteiger partial charge in [0.25, 0.3) is 0 Å². The lowest BCUT2D eigenvalue weighted by Gasteiger charge is -2.49. The van der Waals surface area contributed by atoms with E-state index >= 15 is 0 Å². The van der Waals surface area contributed by atoms with Crippen LogP contribution in [-0.2, 0) is 13.1 Å². The number of piperidine rings is 2. The number of hydrogen-bond acceptors (Lipinski definition) is 3. The number of hydrogen-bond donors (Lipinski definition) is 2. The van der Waals surface area contributed by atoms with Gasteiger partial charge in [0.2, 0.25) is 0 Å². The van der Waals surface area contributed by atoms with Gasteiger partial charge in [0.15, 0.2) is 5.11 Å². The Kier molecular flexibility index (Phi) is 5.56. The molecule has 138 valence electrons. The maximum absolute atomic E-state index is 5.50. The first-order valence-electron chi connectivity index (χ1n) is 9.64. The fourth-order valence-corrected chi connectivity index (χ4v) is 4.70. The molecule has 0 radical (unpaired) electrons. The fraction of sp³-hybridized carbons (Fsp3) is 0.476. The lowest BCUT2D eigenvalue weighted by molar-refractivity contribution is 0.0210. The van der Waals surface area contributed by atoms with Gasteiger partial charge in [-0.05, 0) is 55.6 Å². The number of fused-ring (bicyclic) bond motifs is 2. The number of thiocarbonyl (C=S) groups is 1. The van der Waals surface area contributed by atoms with Crippen molar-refractivity contribution in [2.45, 2.75) is 63.3 Å². The number of nitrogens with one attached hydrogen (secondary N) is 2. The van der Waals surface area contributed by atoms with E-state index in [4.69, 9.17) is 16.6 Å². The van der Waals surface area contributed by atoms with E-state index in [2.05, 4.69) is 45.9 Å². The molecule has 0 saturated carbocycles. The zero-order valence-electron chi connectivity index (χ0n) is 15.1. The zero-order valence-corrected chi connectivity index (χ0v) is 15.9. The Bertz CT molecular complexity index is 689. The minimum atomic E-state index is 0.467. The molecule has 1 unspecified atom stereocenters. The highest BCUT2D eigenvalue weighted by Crippen LogP contribution is 2.35. The van der Waals surface area contributed by atoms with Crippen molar-refractivity contribution in [3.05, 3.63) is 60.1 Å². The molecule has 26 heavy (non-hydrogen) atoms. The highest BCUT2D eigenvalue weighted by molar-refractivity contribution is 7.80. The molecule has 4 nitrogen and oxygen atoms in total. The van der Waals surface area contributed by atoms with Crippen molar-refractivity contribution in [2.24, 2.45) is 0 Å². The summed E-state index contributed by atoms with van der Waals surface area (Å²) in [5.74, 6) is 0.906. The van der Waals surface area contributed by atoms with E-state index in [0.717, 1.165) is 17.4 Å². The van der Waals surface area contributed by atoms with Crippen LogP contribution in [0.2, 0.25) is 0 Å². The molecule has 1 aromatic carbocycles. The van der Waals surface area contributed by atoms with E-state index < -0.39 is 0 Å². The van der Waals surface area contributed by atoms with E-state index in [1.807, 2.05) is 12.1 Å². The molecule has 2 fully saturated rings. The lowest BCUT2D eigenvalue weighted by atomic mass is 9.81. The second-order valence-electron chi connectivity index (χ2n) is 7.47. The topological polar surface area (TPSA) is 40.4 Å². The second kappa shape index (κ2) is 8.23. The SMILES string of the molecule is S=C(NCc1ccco1)NC1C[C@H]2CCC[C@@H](C1)N2Cc1ccccc1. The third-order valence-electron chi connectivity index (χ3n) is 5.67. The smallest absolute Gasteiger partial charge is 0.166 e. The molecule has 2 N–H and O–H groups in total. The van der Waals surface area contributed by atoms with E-state index in [-0.39, 0.29) is 0 Å². The first kappa shape index (κ1) is 17.6. The summed E-state index contributed by atoms with van der Waals surface area (Å²) in [6.07, 6.45) is 7.99. The summed E-state index contributed by atoms with van der Waals surface area (Å²) in [5.41, 5.74) is 1.42. The molecule has 2 bridgehead atoms. The Balaban J connectivity index is 1.31. The van der Waals surface area contributed by atoms with Crippen molar-refractivity contribution in [2.75, 3.05) is 0 Å². The highest BCUT2D eigenvalue weighted by Gasteiger charge is 2.38. The van der Waals surface area contributed by atoms with Gasteiger partial charge >= 0.3 is 0 Å². The molecular weight excluding hydrogens is 342 g/mol. The third kappa shape index (κ3) is 4.27. The summed E-state index contributed by atoms with van der Waals surface area (Å²) in [6.45, 7) is 1.71. The Morgan fingerprint density at radius 2 is 1.85 bits per heavy atom. The van der Waals surface area contributed by atoms with Crippen molar-refractivity contribution in [3.8, 4) is 0 Å². The molecule has 2 saturated heterocycles. The van der Waals surface area contributed by atoms with Crippen LogP contribution < -0.4 is 10.6 Å². The minimum absolute atomic E-state index is 0.467. The quantitative estimate of drug-likeness (QED) is 0.784. The Morgan fingerprint density at radius 3 is 2.54 bits per heavy atom. The third-order valence-corrected chi connectivity index (χ3v) is 5.93. The molecular formula is C21H27N3OS. The van der Waals surface area contributed by atoms with Gasteiger partial charge in [-0.2, -0.15) is 0 Å². The average Bonchev–Trinajstić information content (AvgIpc) is 3.15. The first-order valence-corrected chi connectivity index (χ1v) is 10.0. The predicted molar refractivity (Wildman–Crippen MR) is 108 cm³/mol. The number of furan rings is 1. The average molecular weight is 370 g/mol. The van der Waals surface area contributed by atoms with Gasteiger partial charge in [0.1, 0.15) is 5.76 Å². The van der Waals surface area contributed by atoms with Gasteiger partial charge < -0.3 is 15.1 Å². The second-order valence-corrected chi connectivity index (χ2v) is 7.88. The molecule has 3 heterocycles. The van der Waals surface area contributed by atoms with Crippen LogP contribution in [0.1, 0.15) is 43.4 Å². The van der Waals surface area contributed by atoms with Crippen LogP contribution in [0.3, 0.4) is 0 Å². The molecule has 2 aliphatic rings. The van der Waals surface area contributed by atoms with Crippen molar-refractivity contribution in [1.29, 1.82) is 0 Å². The molecule has 2 aromatic rings. The van der Waals surface area contributed by atoms with E-state index in [9.17, 15) is 0 Å². The number of nitrogens with zero attached hydrogens (tertiary/aromatic N) is 1. The monoisotopic (exact) mass is 369 g/mol. The molecule has 0 amide bonds. The van der Waals surface area contributed by atoms with Crippen molar-refractivity contribution in [3.63, 3.8) is 0 Å². The van der Waals surface area contributed by atoms with Crippen LogP contribution in [0, 0.1) is 0 Å². The Hall–Kier alpha value is -1.85. The predicted octanol–water partition coefficient (Wildman–Crippen LogP) is 3.83. The first-order chi connectivity index (χ1) is 12.8. The van der Waals surface area contributed by atoms with Crippen LogP contribution >= 0.6 is 12.2 Å². The Labute approximate surface area is 161 Å². The summed E-state index contributed by atoms with van der Waals surface area (Å²) < 4.78 is 5.35. The van der Waals surface area contributed by atoms with Crippen LogP contribution in [0.25, 0.3) is 0 Å². The molecule has 3 atom stereocenters. The highest BCUT2D eigenvalue weighted by atomic mass is 32.1. The molecule has 0 aliphatic carbocycles. The maximum Gasteiger partial charge on any atom is 0.166 e. The summed E-state index contributed by atoms with van der Waals surface area (Å²) in [4.78, 5) is 2.73. The van der Waals surface area contributed by atoms with Crippen LogP contribution in [-0.4, -0.2) is 28.1 Å². The van der Waals surface area contributed by atoms with Gasteiger partial charge in [-0.1, -0.05) is 36.8 Å². The molecule has 1 aromatic heterocycles. The van der Waals surface area contributed by atoms with Crippen molar-refractivity contribution < 1.29 is 4.42 Å². The van der Waals surface area contributed by atoms with Gasteiger partial charge in [0.05, 0.1) is 12.8 Å². The maximum atomic E-state index is 5.50. The van der Waals surface area contributed by atoms with E-state index in [0.29, 0.717) is 24.7 Å². The van der Waals surface area contributed by atoms with Gasteiger partial charge in [-0.15, -0.1) is 0 Å². The van der Waals surface area contributed by atoms with Crippen LogP contribution in [0.15, 0.2) is 53.1 Å². The summed E-state index contributed by atoms with van der Waals surface area (Å²) in [6, 6.07) is 16.5. The Morgan fingerprint density at radius 1 is 1.08 bits per heavy atom. The minimum Gasteiger partial charge on any atom is -0.467 e.